The molecular weight excluding hydrogens is 570 g/mol. The topological polar surface area (TPSA) is 78.9 Å². The van der Waals surface area contributed by atoms with Crippen LogP contribution < -0.4 is 15.0 Å². The van der Waals surface area contributed by atoms with Crippen LogP contribution >= 0.6 is 27.5 Å². The average Bonchev–Trinajstić information content (AvgIpc) is 3.30. The van der Waals surface area contributed by atoms with E-state index in [0.717, 1.165) is 9.86 Å². The van der Waals surface area contributed by atoms with E-state index in [4.69, 9.17) is 30.5 Å². The van der Waals surface area contributed by atoms with E-state index in [1.165, 1.54) is 4.68 Å². The van der Waals surface area contributed by atoms with Crippen molar-refractivity contribution in [2.24, 2.45) is 10.5 Å². The quantitative estimate of drug-likeness (QED) is 0.190. The zero-order valence-electron chi connectivity index (χ0n) is 21.3. The molecular formula is C29H25BrClN3O4. The standard InChI is InChI=1S/C29H25BrClN3O4/c1-29(2,3)16-37-25-14-21(30)18(13-24(25)36-4)15-32-34-27(33-22-8-6-5-7-20(22)28(34)35)26-12-17-11-19(31)9-10-23(17)38-26/h5-15H,16H2,1-4H3. The Morgan fingerprint density at radius 2 is 1.89 bits per heavy atom. The highest BCUT2D eigenvalue weighted by molar-refractivity contribution is 9.10. The van der Waals surface area contributed by atoms with Crippen molar-refractivity contribution in [2.45, 2.75) is 20.8 Å². The summed E-state index contributed by atoms with van der Waals surface area (Å²) < 4.78 is 19.6. The van der Waals surface area contributed by atoms with Gasteiger partial charge in [-0.15, -0.1) is 0 Å². The zero-order chi connectivity index (χ0) is 27.0. The van der Waals surface area contributed by atoms with E-state index in [1.807, 2.05) is 12.1 Å². The lowest BCUT2D eigenvalue weighted by molar-refractivity contribution is 0.191. The predicted octanol–water partition coefficient (Wildman–Crippen LogP) is 7.54. The summed E-state index contributed by atoms with van der Waals surface area (Å²) in [4.78, 5) is 18.3. The fourth-order valence-corrected chi connectivity index (χ4v) is 4.46. The number of methoxy groups -OCH3 is 1. The summed E-state index contributed by atoms with van der Waals surface area (Å²) in [7, 11) is 1.58. The number of hydrogen-bond donors (Lipinski definition) is 0. The van der Waals surface area contributed by atoms with Crippen LogP contribution in [0, 0.1) is 5.41 Å². The molecule has 2 heterocycles. The first kappa shape index (κ1) is 26.0. The zero-order valence-corrected chi connectivity index (χ0v) is 23.6. The summed E-state index contributed by atoms with van der Waals surface area (Å²) in [6.07, 6.45) is 1.57. The van der Waals surface area contributed by atoms with Gasteiger partial charge in [-0.05, 0) is 69.9 Å². The molecule has 0 amide bonds. The smallest absolute Gasteiger partial charge is 0.282 e. The van der Waals surface area contributed by atoms with Crippen LogP contribution in [0.15, 0.2) is 79.4 Å². The van der Waals surface area contributed by atoms with Crippen molar-refractivity contribution in [3.8, 4) is 23.1 Å². The Labute approximate surface area is 232 Å². The molecule has 0 aliphatic carbocycles. The molecule has 7 nitrogen and oxygen atoms in total. The molecule has 5 aromatic rings. The minimum Gasteiger partial charge on any atom is -0.493 e. The minimum absolute atomic E-state index is 0.0136. The van der Waals surface area contributed by atoms with Crippen molar-refractivity contribution >= 4 is 55.6 Å². The average molecular weight is 595 g/mol. The minimum atomic E-state index is -0.325. The molecule has 0 aliphatic rings. The molecule has 0 saturated carbocycles. The molecule has 194 valence electrons. The molecule has 0 N–H and O–H groups in total. The molecule has 0 saturated heterocycles. The van der Waals surface area contributed by atoms with Crippen LogP contribution in [-0.4, -0.2) is 29.6 Å². The van der Waals surface area contributed by atoms with Gasteiger partial charge in [-0.1, -0.05) is 44.5 Å². The molecule has 0 bridgehead atoms. The maximum Gasteiger partial charge on any atom is 0.282 e. The molecule has 5 rings (SSSR count). The van der Waals surface area contributed by atoms with Crippen molar-refractivity contribution in [2.75, 3.05) is 13.7 Å². The predicted molar refractivity (Wildman–Crippen MR) is 155 cm³/mol. The van der Waals surface area contributed by atoms with Gasteiger partial charge in [0.25, 0.3) is 5.56 Å². The SMILES string of the molecule is COc1cc(C=Nn2c(-c3cc4cc(Cl)ccc4o3)nc3ccccc3c2=O)c(Br)cc1OCC(C)(C)C. The molecule has 0 radical (unpaired) electrons. The first-order valence-corrected chi connectivity index (χ1v) is 13.1. The van der Waals surface area contributed by atoms with E-state index in [1.54, 1.807) is 61.9 Å². The molecule has 0 spiro atoms. The van der Waals surface area contributed by atoms with Crippen LogP contribution in [0.1, 0.15) is 26.3 Å². The number of nitrogens with zero attached hydrogens (tertiary/aromatic N) is 3. The molecule has 9 heteroatoms. The maximum absolute atomic E-state index is 13.5. The second-order valence-corrected chi connectivity index (χ2v) is 11.3. The Balaban J connectivity index is 1.62. The lowest BCUT2D eigenvalue weighted by Gasteiger charge is -2.20. The Morgan fingerprint density at radius 3 is 2.66 bits per heavy atom. The summed E-state index contributed by atoms with van der Waals surface area (Å²) in [6, 6.07) is 17.9. The summed E-state index contributed by atoms with van der Waals surface area (Å²) >= 11 is 9.75. The van der Waals surface area contributed by atoms with Crippen molar-refractivity contribution in [1.29, 1.82) is 0 Å². The van der Waals surface area contributed by atoms with Gasteiger partial charge in [0.05, 0.1) is 30.8 Å². The van der Waals surface area contributed by atoms with E-state index < -0.39 is 0 Å². The third kappa shape index (κ3) is 5.33. The summed E-state index contributed by atoms with van der Waals surface area (Å²) in [5.41, 5.74) is 1.52. The van der Waals surface area contributed by atoms with Crippen LogP contribution in [-0.2, 0) is 0 Å². The number of halogens is 2. The third-order valence-electron chi connectivity index (χ3n) is 5.71. The van der Waals surface area contributed by atoms with Gasteiger partial charge in [0.2, 0.25) is 5.82 Å². The van der Waals surface area contributed by atoms with Gasteiger partial charge in [-0.25, -0.2) is 4.98 Å². The third-order valence-corrected chi connectivity index (χ3v) is 6.63. The van der Waals surface area contributed by atoms with Crippen molar-refractivity contribution < 1.29 is 13.9 Å². The second-order valence-electron chi connectivity index (χ2n) is 9.98. The number of fused-ring (bicyclic) bond motifs is 2. The van der Waals surface area contributed by atoms with Crippen LogP contribution in [0.5, 0.6) is 11.5 Å². The normalized spacial score (nSPS) is 12.1. The highest BCUT2D eigenvalue weighted by Gasteiger charge is 2.18. The maximum atomic E-state index is 13.5. The number of aromatic nitrogens is 2. The van der Waals surface area contributed by atoms with E-state index >= 15 is 0 Å². The van der Waals surface area contributed by atoms with Gasteiger partial charge in [0.15, 0.2) is 17.3 Å². The number of hydrogen-bond acceptors (Lipinski definition) is 6. The summed E-state index contributed by atoms with van der Waals surface area (Å²) in [6.45, 7) is 6.81. The van der Waals surface area contributed by atoms with Gasteiger partial charge in [-0.2, -0.15) is 9.78 Å². The molecule has 0 unspecified atom stereocenters. The van der Waals surface area contributed by atoms with Gasteiger partial charge < -0.3 is 13.9 Å². The van der Waals surface area contributed by atoms with Crippen LogP contribution in [0.4, 0.5) is 0 Å². The Bertz CT molecular complexity index is 1750. The fraction of sp³-hybridized carbons (Fsp3) is 0.207. The lowest BCUT2D eigenvalue weighted by Crippen LogP contribution is -2.20. The van der Waals surface area contributed by atoms with Crippen molar-refractivity contribution in [3.05, 3.63) is 86.1 Å². The first-order chi connectivity index (χ1) is 18.1. The highest BCUT2D eigenvalue weighted by Crippen LogP contribution is 2.34. The number of para-hydroxylation sites is 1. The number of ether oxygens (including phenoxy) is 2. The van der Waals surface area contributed by atoms with Crippen molar-refractivity contribution in [3.63, 3.8) is 0 Å². The van der Waals surface area contributed by atoms with Crippen molar-refractivity contribution in [1.82, 2.24) is 9.66 Å². The molecule has 0 aliphatic heterocycles. The number of rotatable bonds is 6. The van der Waals surface area contributed by atoms with Gasteiger partial charge in [0, 0.05) is 20.4 Å². The van der Waals surface area contributed by atoms with Gasteiger partial charge >= 0.3 is 0 Å². The van der Waals surface area contributed by atoms with E-state index in [-0.39, 0.29) is 16.8 Å². The van der Waals surface area contributed by atoms with E-state index in [9.17, 15) is 4.79 Å². The van der Waals surface area contributed by atoms with Crippen LogP contribution in [0.3, 0.4) is 0 Å². The number of benzene rings is 3. The molecule has 2 aromatic heterocycles. The number of furan rings is 1. The molecule has 3 aromatic carbocycles. The summed E-state index contributed by atoms with van der Waals surface area (Å²) in [5, 5.41) is 6.36. The Morgan fingerprint density at radius 1 is 1.11 bits per heavy atom. The highest BCUT2D eigenvalue weighted by atomic mass is 79.9. The summed E-state index contributed by atoms with van der Waals surface area (Å²) in [5.74, 6) is 1.82. The van der Waals surface area contributed by atoms with E-state index in [2.05, 4.69) is 41.8 Å². The van der Waals surface area contributed by atoms with Crippen LogP contribution in [0.25, 0.3) is 33.5 Å². The van der Waals surface area contributed by atoms with Gasteiger partial charge in [0.1, 0.15) is 5.58 Å². The lowest BCUT2D eigenvalue weighted by atomic mass is 9.99. The fourth-order valence-electron chi connectivity index (χ4n) is 3.85. The van der Waals surface area contributed by atoms with Gasteiger partial charge in [-0.3, -0.25) is 4.79 Å². The largest absolute Gasteiger partial charge is 0.493 e. The monoisotopic (exact) mass is 593 g/mol. The van der Waals surface area contributed by atoms with Crippen LogP contribution in [0.2, 0.25) is 5.02 Å². The molecule has 0 atom stereocenters. The second kappa shape index (κ2) is 10.3. The first-order valence-electron chi connectivity index (χ1n) is 11.9. The Kier molecular flexibility index (Phi) is 7.03. The molecule has 0 fully saturated rings. The van der Waals surface area contributed by atoms with E-state index in [0.29, 0.717) is 50.9 Å². The molecule has 38 heavy (non-hydrogen) atoms. The Hall–Kier alpha value is -3.62.